The van der Waals surface area contributed by atoms with Gasteiger partial charge in [-0.15, -0.1) is 30.3 Å². The number of para-hydroxylation sites is 2. The van der Waals surface area contributed by atoms with Gasteiger partial charge in [-0.05, 0) is 25.0 Å². The largest absolute Gasteiger partial charge is 0.573 e. The first kappa shape index (κ1) is 14.3. The quantitative estimate of drug-likeness (QED) is 0.835. The molecule has 114 valence electrons. The SMILES string of the molecule is FC(F)(F)Oc1ccccc1N1NNC(C2CC2)=C1CCl. The first-order valence-electron chi connectivity index (χ1n) is 6.45. The van der Waals surface area contributed by atoms with E-state index in [1.54, 1.807) is 6.07 Å². The molecule has 1 aliphatic carbocycles. The van der Waals surface area contributed by atoms with Gasteiger partial charge in [-0.25, -0.2) is 0 Å². The maximum Gasteiger partial charge on any atom is 0.573 e. The summed E-state index contributed by atoms with van der Waals surface area (Å²) in [5.41, 5.74) is 7.76. The van der Waals surface area contributed by atoms with E-state index in [-0.39, 0.29) is 17.3 Å². The number of hydrazine groups is 2. The Kier molecular flexibility index (Phi) is 3.62. The predicted octanol–water partition coefficient (Wildman–Crippen LogP) is 3.27. The van der Waals surface area contributed by atoms with E-state index in [2.05, 4.69) is 15.7 Å². The molecule has 0 aromatic heterocycles. The highest BCUT2D eigenvalue weighted by Gasteiger charge is 2.37. The molecule has 4 nitrogen and oxygen atoms in total. The minimum Gasteiger partial charge on any atom is -0.403 e. The molecule has 0 bridgehead atoms. The molecule has 2 aliphatic rings. The number of alkyl halides is 4. The lowest BCUT2D eigenvalue weighted by molar-refractivity contribution is -0.274. The van der Waals surface area contributed by atoms with Crippen molar-refractivity contribution in [3.05, 3.63) is 35.7 Å². The number of hydrogen-bond acceptors (Lipinski definition) is 4. The summed E-state index contributed by atoms with van der Waals surface area (Å²) in [6, 6.07) is 5.94. The molecule has 1 aromatic rings. The van der Waals surface area contributed by atoms with Gasteiger partial charge in [0, 0.05) is 5.92 Å². The van der Waals surface area contributed by atoms with E-state index in [9.17, 15) is 13.2 Å². The van der Waals surface area contributed by atoms with Gasteiger partial charge in [-0.3, -0.25) is 5.01 Å². The van der Waals surface area contributed by atoms with Crippen LogP contribution in [0.1, 0.15) is 12.8 Å². The van der Waals surface area contributed by atoms with Crippen molar-refractivity contribution in [1.29, 1.82) is 0 Å². The summed E-state index contributed by atoms with van der Waals surface area (Å²) in [5, 5.41) is 1.50. The van der Waals surface area contributed by atoms with Crippen molar-refractivity contribution in [3.63, 3.8) is 0 Å². The zero-order valence-corrected chi connectivity index (χ0v) is 11.6. The first-order valence-corrected chi connectivity index (χ1v) is 6.98. The van der Waals surface area contributed by atoms with E-state index in [1.807, 2.05) is 0 Å². The fraction of sp³-hybridized carbons (Fsp3) is 0.385. The highest BCUT2D eigenvalue weighted by atomic mass is 35.5. The molecular weight excluding hydrogens is 307 g/mol. The summed E-state index contributed by atoms with van der Waals surface area (Å²) in [4.78, 5) is 0. The van der Waals surface area contributed by atoms with Crippen LogP contribution in [0.5, 0.6) is 5.75 Å². The number of halogens is 4. The minimum atomic E-state index is -4.74. The van der Waals surface area contributed by atoms with Crippen molar-refractivity contribution in [2.75, 3.05) is 10.9 Å². The molecule has 1 saturated carbocycles. The average molecular weight is 320 g/mol. The van der Waals surface area contributed by atoms with E-state index in [1.165, 1.54) is 23.2 Å². The highest BCUT2D eigenvalue weighted by molar-refractivity contribution is 6.19. The second kappa shape index (κ2) is 5.31. The standard InChI is InChI=1S/C13H13ClF3N3O/c14-7-10-12(8-5-6-8)18-19-20(10)9-3-1-2-4-11(9)21-13(15,16)17/h1-4,8,18-19H,5-7H2. The van der Waals surface area contributed by atoms with Gasteiger partial charge in [0.1, 0.15) is 5.69 Å². The molecule has 1 fully saturated rings. The lowest BCUT2D eigenvalue weighted by Crippen LogP contribution is -2.38. The second-order valence-electron chi connectivity index (χ2n) is 4.86. The van der Waals surface area contributed by atoms with Gasteiger partial charge in [0.15, 0.2) is 5.75 Å². The Hall–Kier alpha value is -1.60. The van der Waals surface area contributed by atoms with Crippen molar-refractivity contribution in [2.45, 2.75) is 19.2 Å². The van der Waals surface area contributed by atoms with Crippen molar-refractivity contribution < 1.29 is 17.9 Å². The minimum absolute atomic E-state index is 0.187. The smallest absolute Gasteiger partial charge is 0.403 e. The number of benzene rings is 1. The Morgan fingerprint density at radius 2 is 2.00 bits per heavy atom. The number of hydrogen-bond donors (Lipinski definition) is 2. The van der Waals surface area contributed by atoms with Crippen LogP contribution in [0, 0.1) is 5.92 Å². The summed E-state index contributed by atoms with van der Waals surface area (Å²) in [6.45, 7) is 0. The molecule has 0 amide bonds. The fourth-order valence-corrected chi connectivity index (χ4v) is 2.54. The van der Waals surface area contributed by atoms with E-state index in [0.29, 0.717) is 5.92 Å². The molecule has 2 N–H and O–H groups in total. The molecule has 1 aliphatic heterocycles. The Labute approximate surface area is 124 Å². The molecule has 0 atom stereocenters. The van der Waals surface area contributed by atoms with Gasteiger partial charge < -0.3 is 10.2 Å². The number of nitrogens with zero attached hydrogens (tertiary/aromatic N) is 1. The van der Waals surface area contributed by atoms with Crippen molar-refractivity contribution in [1.82, 2.24) is 11.0 Å². The molecule has 0 saturated heterocycles. The molecule has 0 radical (unpaired) electrons. The summed E-state index contributed by atoms with van der Waals surface area (Å²) in [6.07, 6.45) is -2.63. The van der Waals surface area contributed by atoms with Crippen LogP contribution >= 0.6 is 11.6 Å². The molecule has 8 heteroatoms. The Bertz CT molecular complexity index is 572. The molecule has 0 unspecified atom stereocenters. The maximum atomic E-state index is 12.5. The van der Waals surface area contributed by atoms with Gasteiger partial charge in [0.2, 0.25) is 0 Å². The molecule has 0 spiro atoms. The summed E-state index contributed by atoms with van der Waals surface area (Å²) < 4.78 is 41.5. The molecular formula is C13H13ClF3N3O. The Balaban J connectivity index is 1.93. The summed E-state index contributed by atoms with van der Waals surface area (Å²) in [7, 11) is 0. The monoisotopic (exact) mass is 319 g/mol. The van der Waals surface area contributed by atoms with Crippen LogP contribution < -0.4 is 20.7 Å². The van der Waals surface area contributed by atoms with Crippen LogP contribution in [0.15, 0.2) is 35.7 Å². The lowest BCUT2D eigenvalue weighted by atomic mass is 10.2. The number of anilines is 1. The van der Waals surface area contributed by atoms with Gasteiger partial charge in [-0.1, -0.05) is 12.1 Å². The zero-order valence-electron chi connectivity index (χ0n) is 10.9. The molecule has 1 heterocycles. The van der Waals surface area contributed by atoms with E-state index in [4.69, 9.17) is 11.6 Å². The third-order valence-corrected chi connectivity index (χ3v) is 3.58. The van der Waals surface area contributed by atoms with Gasteiger partial charge in [0.25, 0.3) is 0 Å². The van der Waals surface area contributed by atoms with Crippen molar-refractivity contribution in [3.8, 4) is 5.75 Å². The molecule has 3 rings (SSSR count). The Morgan fingerprint density at radius 1 is 1.29 bits per heavy atom. The van der Waals surface area contributed by atoms with Crippen LogP contribution in [0.3, 0.4) is 0 Å². The number of nitrogens with one attached hydrogen (secondary N) is 2. The van der Waals surface area contributed by atoms with Gasteiger partial charge in [-0.2, -0.15) is 0 Å². The van der Waals surface area contributed by atoms with Crippen LogP contribution in [0.4, 0.5) is 18.9 Å². The zero-order chi connectivity index (χ0) is 15.0. The third kappa shape index (κ3) is 3.03. The number of ether oxygens (including phenoxy) is 1. The highest BCUT2D eigenvalue weighted by Crippen LogP contribution is 2.41. The van der Waals surface area contributed by atoms with Crippen LogP contribution in [0.25, 0.3) is 0 Å². The lowest BCUT2D eigenvalue weighted by Gasteiger charge is -2.23. The second-order valence-corrected chi connectivity index (χ2v) is 5.12. The first-order chi connectivity index (χ1) is 9.99. The van der Waals surface area contributed by atoms with Crippen LogP contribution in [0.2, 0.25) is 0 Å². The Morgan fingerprint density at radius 3 is 2.62 bits per heavy atom. The third-order valence-electron chi connectivity index (χ3n) is 3.33. The van der Waals surface area contributed by atoms with Crippen molar-refractivity contribution in [2.24, 2.45) is 5.92 Å². The van der Waals surface area contributed by atoms with Crippen molar-refractivity contribution >= 4 is 17.3 Å². The molecule has 1 aromatic carbocycles. The van der Waals surface area contributed by atoms with E-state index >= 15 is 0 Å². The van der Waals surface area contributed by atoms with Gasteiger partial charge >= 0.3 is 6.36 Å². The summed E-state index contributed by atoms with van der Waals surface area (Å²) in [5.74, 6) is 0.303. The van der Waals surface area contributed by atoms with Crippen LogP contribution in [-0.4, -0.2) is 12.2 Å². The van der Waals surface area contributed by atoms with E-state index < -0.39 is 6.36 Å². The number of rotatable bonds is 4. The topological polar surface area (TPSA) is 36.5 Å². The number of allylic oxidation sites excluding steroid dienone is 2. The fourth-order valence-electron chi connectivity index (χ4n) is 2.28. The molecule has 21 heavy (non-hydrogen) atoms. The summed E-state index contributed by atoms with van der Waals surface area (Å²) >= 11 is 5.96. The average Bonchev–Trinajstić information content (AvgIpc) is 3.17. The normalized spacial score (nSPS) is 19.0. The maximum absolute atomic E-state index is 12.5. The van der Waals surface area contributed by atoms with Crippen LogP contribution in [-0.2, 0) is 0 Å². The van der Waals surface area contributed by atoms with E-state index in [0.717, 1.165) is 24.2 Å². The predicted molar refractivity (Wildman–Crippen MR) is 72.3 cm³/mol. The van der Waals surface area contributed by atoms with Gasteiger partial charge in [0.05, 0.1) is 17.3 Å².